The first-order valence-corrected chi connectivity index (χ1v) is 9.93. The zero-order chi connectivity index (χ0) is 19.7. The summed E-state index contributed by atoms with van der Waals surface area (Å²) < 4.78 is 13.1. The van der Waals surface area contributed by atoms with Gasteiger partial charge in [0.1, 0.15) is 11.5 Å². The highest BCUT2D eigenvalue weighted by Crippen LogP contribution is 2.31. The van der Waals surface area contributed by atoms with Gasteiger partial charge in [-0.25, -0.2) is 0 Å². The molecule has 0 aliphatic carbocycles. The molecular formula is C20H19ClN4O2S. The molecule has 0 bridgehead atoms. The minimum absolute atomic E-state index is 0.615. The van der Waals surface area contributed by atoms with E-state index < -0.39 is 5.60 Å². The molecule has 2 aromatic carbocycles. The highest BCUT2D eigenvalue weighted by Gasteiger charge is 2.29. The van der Waals surface area contributed by atoms with Crippen molar-refractivity contribution in [3.8, 4) is 11.5 Å². The number of benzene rings is 2. The van der Waals surface area contributed by atoms with Gasteiger partial charge in [0.25, 0.3) is 0 Å². The maximum atomic E-state index is 6.14. The molecule has 0 N–H and O–H groups in total. The first kappa shape index (κ1) is 18.7. The Morgan fingerprint density at radius 2 is 1.68 bits per heavy atom. The number of methoxy groups -OCH3 is 1. The molecule has 0 fully saturated rings. The summed E-state index contributed by atoms with van der Waals surface area (Å²) in [4.78, 5) is 0.742. The second-order valence-corrected chi connectivity index (χ2v) is 8.20. The van der Waals surface area contributed by atoms with Gasteiger partial charge in [-0.3, -0.25) is 0 Å². The van der Waals surface area contributed by atoms with Gasteiger partial charge in [-0.1, -0.05) is 35.1 Å². The van der Waals surface area contributed by atoms with Gasteiger partial charge in [0, 0.05) is 11.4 Å². The largest absolute Gasteiger partial charge is 0.497 e. The van der Waals surface area contributed by atoms with Gasteiger partial charge in [-0.15, -0.1) is 10.2 Å². The van der Waals surface area contributed by atoms with Crippen LogP contribution in [-0.2, 0) is 12.0 Å². The van der Waals surface area contributed by atoms with Crippen LogP contribution < -0.4 is 9.47 Å². The molecule has 0 aliphatic rings. The van der Waals surface area contributed by atoms with E-state index in [9.17, 15) is 0 Å². The molecule has 28 heavy (non-hydrogen) atoms. The fourth-order valence-electron chi connectivity index (χ4n) is 2.78. The number of rotatable bonds is 6. The lowest BCUT2D eigenvalue weighted by atomic mass is 10.1. The fraction of sp³-hybridized carbons (Fsp3) is 0.250. The van der Waals surface area contributed by atoms with Crippen LogP contribution in [0, 0.1) is 0 Å². The van der Waals surface area contributed by atoms with Crippen LogP contribution in [0.1, 0.15) is 30.2 Å². The van der Waals surface area contributed by atoms with Crippen molar-refractivity contribution in [2.24, 2.45) is 0 Å². The lowest BCUT2D eigenvalue weighted by Crippen LogP contribution is -2.25. The van der Waals surface area contributed by atoms with Crippen molar-refractivity contribution in [1.29, 1.82) is 0 Å². The number of aromatic nitrogens is 4. The number of ether oxygens (including phenoxy) is 2. The average Bonchev–Trinajstić information content (AvgIpc) is 3.27. The summed E-state index contributed by atoms with van der Waals surface area (Å²) in [7, 11) is 1.65. The van der Waals surface area contributed by atoms with Crippen LogP contribution >= 0.6 is 22.9 Å². The van der Waals surface area contributed by atoms with Crippen LogP contribution in [-0.4, -0.2) is 26.9 Å². The zero-order valence-corrected chi connectivity index (χ0v) is 17.3. The molecule has 2 heterocycles. The lowest BCUT2D eigenvalue weighted by Gasteiger charge is -2.23. The smallest absolute Gasteiger partial charge is 0.234 e. The molecule has 144 valence electrons. The molecule has 6 nitrogen and oxygen atoms in total. The minimum Gasteiger partial charge on any atom is -0.497 e. The quantitative estimate of drug-likeness (QED) is 0.455. The molecule has 0 radical (unpaired) electrons. The Labute approximate surface area is 171 Å². The Bertz CT molecular complexity index is 1090. The Balaban J connectivity index is 1.58. The molecule has 0 amide bonds. The highest BCUT2D eigenvalue weighted by molar-refractivity contribution is 7.16. The van der Waals surface area contributed by atoms with Gasteiger partial charge in [0.2, 0.25) is 4.96 Å². The summed E-state index contributed by atoms with van der Waals surface area (Å²) in [6, 6.07) is 15.2. The van der Waals surface area contributed by atoms with Crippen molar-refractivity contribution in [1.82, 2.24) is 19.8 Å². The third-order valence-electron chi connectivity index (χ3n) is 4.28. The van der Waals surface area contributed by atoms with E-state index in [1.165, 1.54) is 11.3 Å². The van der Waals surface area contributed by atoms with E-state index in [2.05, 4.69) is 10.2 Å². The Morgan fingerprint density at radius 1 is 1.00 bits per heavy atom. The van der Waals surface area contributed by atoms with E-state index in [1.807, 2.05) is 50.2 Å². The molecule has 4 aromatic rings. The van der Waals surface area contributed by atoms with Gasteiger partial charge < -0.3 is 9.47 Å². The van der Waals surface area contributed by atoms with E-state index in [4.69, 9.17) is 26.2 Å². The Kier molecular flexibility index (Phi) is 4.95. The van der Waals surface area contributed by atoms with Gasteiger partial charge in [0.05, 0.1) is 7.11 Å². The summed E-state index contributed by atoms with van der Waals surface area (Å²) in [5.74, 6) is 2.34. The summed E-state index contributed by atoms with van der Waals surface area (Å²) in [6.07, 6.45) is 0.632. The molecule has 0 saturated heterocycles. The van der Waals surface area contributed by atoms with Crippen LogP contribution in [0.5, 0.6) is 11.5 Å². The van der Waals surface area contributed by atoms with E-state index in [0.717, 1.165) is 32.9 Å². The molecule has 2 aromatic heterocycles. The van der Waals surface area contributed by atoms with Crippen molar-refractivity contribution < 1.29 is 9.47 Å². The fourth-order valence-corrected chi connectivity index (χ4v) is 3.80. The third kappa shape index (κ3) is 3.81. The number of fused-ring (bicyclic) bond motifs is 1. The van der Waals surface area contributed by atoms with Crippen molar-refractivity contribution in [3.05, 3.63) is 69.9 Å². The predicted molar refractivity (Wildman–Crippen MR) is 110 cm³/mol. The number of halogens is 1. The van der Waals surface area contributed by atoms with E-state index >= 15 is 0 Å². The second kappa shape index (κ2) is 7.41. The molecule has 0 spiro atoms. The van der Waals surface area contributed by atoms with Crippen LogP contribution in [0.25, 0.3) is 4.96 Å². The van der Waals surface area contributed by atoms with E-state index in [0.29, 0.717) is 11.4 Å². The second-order valence-electron chi connectivity index (χ2n) is 6.81. The molecule has 0 aliphatic heterocycles. The molecule has 4 rings (SSSR count). The topological polar surface area (TPSA) is 61.5 Å². The first-order valence-electron chi connectivity index (χ1n) is 8.74. The van der Waals surface area contributed by atoms with Crippen LogP contribution in [0.3, 0.4) is 0 Å². The normalized spacial score (nSPS) is 11.7. The van der Waals surface area contributed by atoms with Gasteiger partial charge in [-0.05, 0) is 55.8 Å². The van der Waals surface area contributed by atoms with Crippen molar-refractivity contribution in [3.63, 3.8) is 0 Å². The number of hydrogen-bond donors (Lipinski definition) is 0. The maximum absolute atomic E-state index is 6.14. The molecular weight excluding hydrogens is 396 g/mol. The van der Waals surface area contributed by atoms with Gasteiger partial charge >= 0.3 is 0 Å². The van der Waals surface area contributed by atoms with Gasteiger partial charge in [0.15, 0.2) is 16.4 Å². The van der Waals surface area contributed by atoms with Crippen molar-refractivity contribution >= 4 is 27.9 Å². The summed E-state index contributed by atoms with van der Waals surface area (Å²) in [5, 5.41) is 14.8. The highest BCUT2D eigenvalue weighted by atomic mass is 35.5. The summed E-state index contributed by atoms with van der Waals surface area (Å²) in [6.45, 7) is 3.97. The van der Waals surface area contributed by atoms with Gasteiger partial charge in [-0.2, -0.15) is 9.61 Å². The molecule has 8 heteroatoms. The molecule has 0 unspecified atom stereocenters. The predicted octanol–water partition coefficient (Wildman–Crippen LogP) is 4.75. The average molecular weight is 415 g/mol. The number of hydrogen-bond acceptors (Lipinski definition) is 6. The maximum Gasteiger partial charge on any atom is 0.234 e. The Hall–Kier alpha value is -2.64. The summed E-state index contributed by atoms with van der Waals surface area (Å²) >= 11 is 7.42. The van der Waals surface area contributed by atoms with Crippen LogP contribution in [0.15, 0.2) is 48.5 Å². The monoisotopic (exact) mass is 414 g/mol. The lowest BCUT2D eigenvalue weighted by molar-refractivity contribution is 0.107. The minimum atomic E-state index is -0.615. The van der Waals surface area contributed by atoms with E-state index in [1.54, 1.807) is 23.8 Å². The Morgan fingerprint density at radius 3 is 2.36 bits per heavy atom. The van der Waals surface area contributed by atoms with Crippen molar-refractivity contribution in [2.45, 2.75) is 25.9 Å². The van der Waals surface area contributed by atoms with E-state index in [-0.39, 0.29) is 0 Å². The SMILES string of the molecule is COc1ccc(Cc2nnc3sc(C(C)(C)Oc4ccc(Cl)cc4)nn23)cc1. The molecule has 0 atom stereocenters. The third-order valence-corrected chi connectivity index (χ3v) is 5.73. The van der Waals surface area contributed by atoms with Crippen LogP contribution in [0.2, 0.25) is 5.02 Å². The van der Waals surface area contributed by atoms with Crippen molar-refractivity contribution in [2.75, 3.05) is 7.11 Å². The first-order chi connectivity index (χ1) is 13.4. The zero-order valence-electron chi connectivity index (χ0n) is 15.7. The number of nitrogens with zero attached hydrogens (tertiary/aromatic N) is 4. The molecule has 0 saturated carbocycles. The standard InChI is InChI=1S/C20H19ClN4O2S/c1-20(2,27-16-10-6-14(21)7-11-16)18-24-25-17(22-23-19(25)28-18)12-13-4-8-15(26-3)9-5-13/h4-11H,12H2,1-3H3. The van der Waals surface area contributed by atoms with Crippen LogP contribution in [0.4, 0.5) is 0 Å². The summed E-state index contributed by atoms with van der Waals surface area (Å²) in [5.41, 5.74) is 0.498.